The number of benzene rings is 1. The summed E-state index contributed by atoms with van der Waals surface area (Å²) in [4.78, 5) is 21.6. The second-order valence-electron chi connectivity index (χ2n) is 3.30. The summed E-state index contributed by atoms with van der Waals surface area (Å²) in [6, 6.07) is 5.07. The van der Waals surface area contributed by atoms with E-state index in [1.54, 1.807) is 37.5 Å². The van der Waals surface area contributed by atoms with Crippen LogP contribution >= 0.6 is 0 Å². The summed E-state index contributed by atoms with van der Waals surface area (Å²) in [5.41, 5.74) is 1.31. The van der Waals surface area contributed by atoms with Gasteiger partial charge in [0.2, 0.25) is 0 Å². The largest absolute Gasteiger partial charge is 0.496 e. The molecular weight excluding hydrogens is 220 g/mol. The number of hydrogen-bond donors (Lipinski definition) is 0. The van der Waals surface area contributed by atoms with Gasteiger partial charge in [-0.05, 0) is 18.2 Å². The van der Waals surface area contributed by atoms with Gasteiger partial charge in [0.1, 0.15) is 12.0 Å². The van der Waals surface area contributed by atoms with Crippen LogP contribution in [0.5, 0.6) is 5.75 Å². The topological polar surface area (TPSA) is 52.6 Å². The van der Waals surface area contributed by atoms with Crippen molar-refractivity contribution in [1.29, 1.82) is 0 Å². The molecule has 0 bridgehead atoms. The van der Waals surface area contributed by atoms with Crippen molar-refractivity contribution in [3.63, 3.8) is 0 Å². The van der Waals surface area contributed by atoms with E-state index in [1.165, 1.54) is 7.11 Å². The third kappa shape index (κ3) is 3.75. The molecular formula is C13H14O4. The highest BCUT2D eigenvalue weighted by molar-refractivity contribution is 5.78. The van der Waals surface area contributed by atoms with Crippen LogP contribution < -0.4 is 4.74 Å². The SMILES string of the molecule is COC(=O)CC=Cc1cc(C=O)ccc1OC. The molecule has 1 aromatic carbocycles. The molecule has 90 valence electrons. The van der Waals surface area contributed by atoms with E-state index >= 15 is 0 Å². The molecule has 0 aromatic heterocycles. The van der Waals surface area contributed by atoms with Gasteiger partial charge in [0.25, 0.3) is 0 Å². The highest BCUT2D eigenvalue weighted by Crippen LogP contribution is 2.20. The average Bonchev–Trinajstić information content (AvgIpc) is 2.38. The van der Waals surface area contributed by atoms with Gasteiger partial charge >= 0.3 is 5.97 Å². The fraction of sp³-hybridized carbons (Fsp3) is 0.231. The van der Waals surface area contributed by atoms with Gasteiger partial charge < -0.3 is 9.47 Å². The molecule has 0 N–H and O–H groups in total. The molecule has 17 heavy (non-hydrogen) atoms. The standard InChI is InChI=1S/C13H14O4/c1-16-12-7-6-10(9-14)8-11(12)4-3-5-13(15)17-2/h3-4,6-9H,5H2,1-2H3. The lowest BCUT2D eigenvalue weighted by Crippen LogP contribution is -1.96. The Kier molecular flexibility index (Phi) is 4.94. The van der Waals surface area contributed by atoms with Crippen molar-refractivity contribution in [3.8, 4) is 5.75 Å². The molecule has 0 spiro atoms. The first-order valence-corrected chi connectivity index (χ1v) is 5.08. The Labute approximate surface area is 99.8 Å². The highest BCUT2D eigenvalue weighted by atomic mass is 16.5. The second kappa shape index (κ2) is 6.48. The Morgan fingerprint density at radius 3 is 2.71 bits per heavy atom. The van der Waals surface area contributed by atoms with Crippen LogP contribution in [0, 0.1) is 0 Å². The van der Waals surface area contributed by atoms with Crippen molar-refractivity contribution in [3.05, 3.63) is 35.4 Å². The van der Waals surface area contributed by atoms with E-state index in [0.29, 0.717) is 11.3 Å². The van der Waals surface area contributed by atoms with E-state index < -0.39 is 0 Å². The van der Waals surface area contributed by atoms with Crippen LogP contribution in [0.15, 0.2) is 24.3 Å². The Hall–Kier alpha value is -2.10. The third-order valence-electron chi connectivity index (χ3n) is 2.20. The van der Waals surface area contributed by atoms with Crippen LogP contribution in [-0.4, -0.2) is 26.5 Å². The summed E-state index contributed by atoms with van der Waals surface area (Å²) in [6.07, 6.45) is 4.34. The monoisotopic (exact) mass is 234 g/mol. The first-order chi connectivity index (χ1) is 8.21. The van der Waals surface area contributed by atoms with E-state index in [1.807, 2.05) is 0 Å². The average molecular weight is 234 g/mol. The maximum Gasteiger partial charge on any atom is 0.309 e. The molecule has 0 saturated heterocycles. The van der Waals surface area contributed by atoms with Crippen LogP contribution in [0.1, 0.15) is 22.3 Å². The minimum atomic E-state index is -0.313. The van der Waals surface area contributed by atoms with Crippen molar-refractivity contribution in [2.45, 2.75) is 6.42 Å². The second-order valence-corrected chi connectivity index (χ2v) is 3.30. The summed E-state index contributed by atoms with van der Waals surface area (Å²) in [5, 5.41) is 0. The molecule has 1 rings (SSSR count). The van der Waals surface area contributed by atoms with Crippen LogP contribution in [0.3, 0.4) is 0 Å². The zero-order valence-electron chi connectivity index (χ0n) is 9.80. The zero-order valence-corrected chi connectivity index (χ0v) is 9.80. The lowest BCUT2D eigenvalue weighted by atomic mass is 10.1. The van der Waals surface area contributed by atoms with Crippen LogP contribution in [-0.2, 0) is 9.53 Å². The number of ether oxygens (including phenoxy) is 2. The quantitative estimate of drug-likeness (QED) is 0.578. The first-order valence-electron chi connectivity index (χ1n) is 5.08. The summed E-state index contributed by atoms with van der Waals surface area (Å²) >= 11 is 0. The maximum absolute atomic E-state index is 10.9. The number of esters is 1. The molecule has 0 amide bonds. The Morgan fingerprint density at radius 2 is 2.12 bits per heavy atom. The fourth-order valence-corrected chi connectivity index (χ4v) is 1.32. The van der Waals surface area contributed by atoms with E-state index in [-0.39, 0.29) is 12.4 Å². The van der Waals surface area contributed by atoms with E-state index in [4.69, 9.17) is 4.74 Å². The van der Waals surface area contributed by atoms with Crippen molar-refractivity contribution in [2.75, 3.05) is 14.2 Å². The van der Waals surface area contributed by atoms with Crippen LogP contribution in [0.4, 0.5) is 0 Å². The van der Waals surface area contributed by atoms with Crippen molar-refractivity contribution >= 4 is 18.3 Å². The lowest BCUT2D eigenvalue weighted by Gasteiger charge is -2.04. The minimum absolute atomic E-state index is 0.185. The number of aldehydes is 1. The summed E-state index contributed by atoms with van der Waals surface area (Å²) in [6.45, 7) is 0. The van der Waals surface area contributed by atoms with Gasteiger partial charge in [-0.3, -0.25) is 9.59 Å². The van der Waals surface area contributed by atoms with E-state index in [0.717, 1.165) is 11.8 Å². The van der Waals surface area contributed by atoms with Gasteiger partial charge in [0.15, 0.2) is 0 Å². The molecule has 0 heterocycles. The first kappa shape index (κ1) is 13.0. The van der Waals surface area contributed by atoms with Gasteiger partial charge in [0, 0.05) is 11.1 Å². The predicted molar refractivity (Wildman–Crippen MR) is 64.0 cm³/mol. The summed E-state index contributed by atoms with van der Waals surface area (Å²) in [5.74, 6) is 0.337. The van der Waals surface area contributed by atoms with E-state index in [9.17, 15) is 9.59 Å². The number of hydrogen-bond acceptors (Lipinski definition) is 4. The van der Waals surface area contributed by atoms with Crippen molar-refractivity contribution in [2.24, 2.45) is 0 Å². The Morgan fingerprint density at radius 1 is 1.35 bits per heavy atom. The Balaban J connectivity index is 2.87. The van der Waals surface area contributed by atoms with Gasteiger partial charge in [0.05, 0.1) is 20.6 Å². The molecule has 0 aliphatic carbocycles. The number of rotatable bonds is 5. The predicted octanol–water partition coefficient (Wildman–Crippen LogP) is 2.08. The van der Waals surface area contributed by atoms with Gasteiger partial charge in [-0.2, -0.15) is 0 Å². The molecule has 0 unspecified atom stereocenters. The molecule has 0 fully saturated rings. The van der Waals surface area contributed by atoms with Crippen molar-refractivity contribution < 1.29 is 19.1 Å². The van der Waals surface area contributed by atoms with E-state index in [2.05, 4.69) is 4.74 Å². The summed E-state index contributed by atoms with van der Waals surface area (Å²) < 4.78 is 9.66. The molecule has 0 aliphatic heterocycles. The smallest absolute Gasteiger partial charge is 0.309 e. The minimum Gasteiger partial charge on any atom is -0.496 e. The maximum atomic E-state index is 10.9. The molecule has 0 atom stereocenters. The van der Waals surface area contributed by atoms with Gasteiger partial charge in [-0.25, -0.2) is 0 Å². The molecule has 0 radical (unpaired) electrons. The molecule has 0 aliphatic rings. The number of carbonyl (C=O) groups is 2. The normalized spacial score (nSPS) is 10.2. The fourth-order valence-electron chi connectivity index (χ4n) is 1.32. The van der Waals surface area contributed by atoms with Gasteiger partial charge in [-0.15, -0.1) is 0 Å². The molecule has 4 nitrogen and oxygen atoms in total. The third-order valence-corrected chi connectivity index (χ3v) is 2.20. The molecule has 1 aromatic rings. The number of carbonyl (C=O) groups excluding carboxylic acids is 2. The van der Waals surface area contributed by atoms with Crippen molar-refractivity contribution in [1.82, 2.24) is 0 Å². The lowest BCUT2D eigenvalue weighted by molar-refractivity contribution is -0.139. The molecule has 4 heteroatoms. The molecule has 0 saturated carbocycles. The number of methoxy groups -OCH3 is 2. The van der Waals surface area contributed by atoms with Crippen LogP contribution in [0.25, 0.3) is 6.08 Å². The summed E-state index contributed by atoms with van der Waals surface area (Å²) in [7, 11) is 2.89. The zero-order chi connectivity index (χ0) is 12.7. The van der Waals surface area contributed by atoms with Gasteiger partial charge in [-0.1, -0.05) is 12.2 Å². The van der Waals surface area contributed by atoms with Crippen LogP contribution in [0.2, 0.25) is 0 Å². The highest BCUT2D eigenvalue weighted by Gasteiger charge is 2.01. The Bertz CT molecular complexity index is 435.